The zero-order chi connectivity index (χ0) is 14.4. The van der Waals surface area contributed by atoms with Crippen molar-refractivity contribution in [3.63, 3.8) is 0 Å². The van der Waals surface area contributed by atoms with E-state index in [0.29, 0.717) is 12.2 Å². The standard InChI is InChI=1S/C14H26O4S/c1-4-5-6-7-8-9-12(15)17-14(11-19)10-16-13(2,3)18-14/h19H,4-11H2,1-3H3. The minimum Gasteiger partial charge on any atom is -0.429 e. The van der Waals surface area contributed by atoms with Crippen LogP contribution < -0.4 is 0 Å². The fraction of sp³-hybridized carbons (Fsp3) is 0.929. The molecule has 0 radical (unpaired) electrons. The van der Waals surface area contributed by atoms with Crippen molar-refractivity contribution in [3.8, 4) is 0 Å². The van der Waals surface area contributed by atoms with Crippen LogP contribution in [0.1, 0.15) is 59.3 Å². The maximum absolute atomic E-state index is 11.8. The average molecular weight is 290 g/mol. The highest BCUT2D eigenvalue weighted by atomic mass is 32.1. The second kappa shape index (κ2) is 7.50. The summed E-state index contributed by atoms with van der Waals surface area (Å²) in [5.74, 6) is -1.67. The maximum atomic E-state index is 11.8. The van der Waals surface area contributed by atoms with Gasteiger partial charge in [-0.25, -0.2) is 0 Å². The van der Waals surface area contributed by atoms with Crippen LogP contribution >= 0.6 is 12.6 Å². The summed E-state index contributed by atoms with van der Waals surface area (Å²) in [6.45, 7) is 6.02. The van der Waals surface area contributed by atoms with Gasteiger partial charge in [0.15, 0.2) is 5.79 Å². The number of hydrogen-bond acceptors (Lipinski definition) is 5. The monoisotopic (exact) mass is 290 g/mol. The van der Waals surface area contributed by atoms with Crippen LogP contribution in [-0.4, -0.2) is 29.9 Å². The highest BCUT2D eigenvalue weighted by molar-refractivity contribution is 7.80. The summed E-state index contributed by atoms with van der Waals surface area (Å²) in [5, 5.41) is 0. The van der Waals surface area contributed by atoms with Gasteiger partial charge in [-0.3, -0.25) is 4.79 Å². The van der Waals surface area contributed by atoms with E-state index in [9.17, 15) is 4.79 Å². The lowest BCUT2D eigenvalue weighted by Gasteiger charge is -2.27. The molecule has 0 bridgehead atoms. The molecule has 0 N–H and O–H groups in total. The number of carbonyl (C=O) groups is 1. The lowest BCUT2D eigenvalue weighted by atomic mass is 10.1. The van der Waals surface area contributed by atoms with Gasteiger partial charge in [0.2, 0.25) is 5.79 Å². The topological polar surface area (TPSA) is 44.8 Å². The molecular formula is C14H26O4S. The molecule has 1 rings (SSSR count). The van der Waals surface area contributed by atoms with Crippen molar-refractivity contribution in [3.05, 3.63) is 0 Å². The number of ether oxygens (including phenoxy) is 3. The van der Waals surface area contributed by atoms with Crippen LogP contribution in [0.2, 0.25) is 0 Å². The smallest absolute Gasteiger partial charge is 0.308 e. The summed E-state index contributed by atoms with van der Waals surface area (Å²) < 4.78 is 16.5. The Balaban J connectivity index is 2.30. The third-order valence-corrected chi connectivity index (χ3v) is 3.58. The Morgan fingerprint density at radius 1 is 1.26 bits per heavy atom. The van der Waals surface area contributed by atoms with Crippen LogP contribution in [-0.2, 0) is 19.0 Å². The zero-order valence-electron chi connectivity index (χ0n) is 12.2. The van der Waals surface area contributed by atoms with Gasteiger partial charge in [0.25, 0.3) is 0 Å². The van der Waals surface area contributed by atoms with Crippen molar-refractivity contribution >= 4 is 18.6 Å². The largest absolute Gasteiger partial charge is 0.429 e. The first-order valence-electron chi connectivity index (χ1n) is 7.10. The molecule has 0 saturated carbocycles. The maximum Gasteiger partial charge on any atom is 0.308 e. The second-order valence-electron chi connectivity index (χ2n) is 5.50. The fourth-order valence-corrected chi connectivity index (χ4v) is 2.30. The minimum absolute atomic E-state index is 0.230. The summed E-state index contributed by atoms with van der Waals surface area (Å²) in [7, 11) is 0. The Morgan fingerprint density at radius 2 is 1.95 bits per heavy atom. The lowest BCUT2D eigenvalue weighted by molar-refractivity contribution is -0.236. The molecule has 1 saturated heterocycles. The number of hydrogen-bond donors (Lipinski definition) is 1. The highest BCUT2D eigenvalue weighted by Gasteiger charge is 2.47. The Hall–Kier alpha value is -0.260. The molecule has 1 unspecified atom stereocenters. The summed E-state index contributed by atoms with van der Waals surface area (Å²) >= 11 is 4.21. The number of carbonyl (C=O) groups excluding carboxylic acids is 1. The van der Waals surface area contributed by atoms with Gasteiger partial charge in [-0.2, -0.15) is 12.6 Å². The quantitative estimate of drug-likeness (QED) is 0.423. The number of unbranched alkanes of at least 4 members (excludes halogenated alkanes) is 4. The second-order valence-corrected chi connectivity index (χ2v) is 5.81. The average Bonchev–Trinajstić information content (AvgIpc) is 2.65. The molecular weight excluding hydrogens is 264 g/mol. The molecule has 0 aromatic carbocycles. The van der Waals surface area contributed by atoms with E-state index in [1.165, 1.54) is 19.3 Å². The predicted molar refractivity (Wildman–Crippen MR) is 77.2 cm³/mol. The SMILES string of the molecule is CCCCCCCC(=O)OC1(CS)COC(C)(C)O1. The first-order valence-corrected chi connectivity index (χ1v) is 7.73. The van der Waals surface area contributed by atoms with E-state index in [4.69, 9.17) is 14.2 Å². The van der Waals surface area contributed by atoms with E-state index in [-0.39, 0.29) is 12.6 Å². The van der Waals surface area contributed by atoms with Crippen molar-refractivity contribution < 1.29 is 19.0 Å². The van der Waals surface area contributed by atoms with Crippen LogP contribution in [0.5, 0.6) is 0 Å². The van der Waals surface area contributed by atoms with Crippen molar-refractivity contribution in [2.75, 3.05) is 12.4 Å². The Labute approximate surface area is 121 Å². The Bertz CT molecular complexity index is 293. The number of rotatable bonds is 8. The van der Waals surface area contributed by atoms with E-state index in [1.54, 1.807) is 13.8 Å². The van der Waals surface area contributed by atoms with Gasteiger partial charge in [-0.05, 0) is 20.3 Å². The van der Waals surface area contributed by atoms with E-state index in [1.807, 2.05) is 0 Å². The third-order valence-electron chi connectivity index (χ3n) is 3.10. The van der Waals surface area contributed by atoms with Crippen molar-refractivity contribution in [2.45, 2.75) is 70.9 Å². The van der Waals surface area contributed by atoms with Gasteiger partial charge < -0.3 is 14.2 Å². The van der Waals surface area contributed by atoms with Gasteiger partial charge in [-0.15, -0.1) is 0 Å². The summed E-state index contributed by atoms with van der Waals surface area (Å²) in [6.07, 6.45) is 5.97. The Morgan fingerprint density at radius 3 is 2.47 bits per heavy atom. The van der Waals surface area contributed by atoms with Gasteiger partial charge in [0.1, 0.15) is 6.61 Å². The molecule has 0 aromatic rings. The van der Waals surface area contributed by atoms with Gasteiger partial charge in [-0.1, -0.05) is 32.6 Å². The third kappa shape index (κ3) is 5.71. The number of esters is 1. The zero-order valence-corrected chi connectivity index (χ0v) is 13.1. The van der Waals surface area contributed by atoms with Crippen molar-refractivity contribution in [1.29, 1.82) is 0 Å². The molecule has 4 nitrogen and oxygen atoms in total. The van der Waals surface area contributed by atoms with Crippen LogP contribution in [0.4, 0.5) is 0 Å². The molecule has 19 heavy (non-hydrogen) atoms. The molecule has 0 amide bonds. The van der Waals surface area contributed by atoms with E-state index >= 15 is 0 Å². The molecule has 0 aromatic heterocycles. The van der Waals surface area contributed by atoms with Crippen LogP contribution in [0.3, 0.4) is 0 Å². The predicted octanol–water partition coefficient (Wildman–Crippen LogP) is 3.30. The first-order chi connectivity index (χ1) is 8.93. The van der Waals surface area contributed by atoms with E-state index < -0.39 is 11.6 Å². The van der Waals surface area contributed by atoms with E-state index in [2.05, 4.69) is 19.6 Å². The molecule has 1 aliphatic rings. The molecule has 112 valence electrons. The van der Waals surface area contributed by atoms with Crippen LogP contribution in [0.15, 0.2) is 0 Å². The Kier molecular flexibility index (Phi) is 6.63. The fourth-order valence-electron chi connectivity index (χ4n) is 2.08. The highest BCUT2D eigenvalue weighted by Crippen LogP contribution is 2.33. The van der Waals surface area contributed by atoms with E-state index in [0.717, 1.165) is 12.8 Å². The molecule has 1 atom stereocenters. The molecule has 5 heteroatoms. The first kappa shape index (κ1) is 16.8. The molecule has 1 aliphatic heterocycles. The molecule has 1 fully saturated rings. The normalized spacial score (nSPS) is 25.5. The van der Waals surface area contributed by atoms with Crippen molar-refractivity contribution in [1.82, 2.24) is 0 Å². The summed E-state index contributed by atoms with van der Waals surface area (Å²) in [4.78, 5) is 11.8. The van der Waals surface area contributed by atoms with Crippen LogP contribution in [0, 0.1) is 0 Å². The van der Waals surface area contributed by atoms with Crippen LogP contribution in [0.25, 0.3) is 0 Å². The number of thiol groups is 1. The molecule has 0 spiro atoms. The molecule has 1 heterocycles. The van der Waals surface area contributed by atoms with Crippen molar-refractivity contribution in [2.24, 2.45) is 0 Å². The van der Waals surface area contributed by atoms with Gasteiger partial charge in [0, 0.05) is 6.42 Å². The summed E-state index contributed by atoms with van der Waals surface area (Å²) in [5.41, 5.74) is 0. The molecule has 0 aliphatic carbocycles. The summed E-state index contributed by atoms with van der Waals surface area (Å²) in [6, 6.07) is 0. The van der Waals surface area contributed by atoms with Gasteiger partial charge in [0.05, 0.1) is 5.75 Å². The van der Waals surface area contributed by atoms with Gasteiger partial charge >= 0.3 is 5.97 Å². The minimum atomic E-state index is -1.02. The lowest BCUT2D eigenvalue weighted by Crippen LogP contribution is -2.41.